The highest BCUT2D eigenvalue weighted by Gasteiger charge is 2.53. The van der Waals surface area contributed by atoms with Crippen LogP contribution in [0.5, 0.6) is 11.5 Å². The molecule has 234 valence electrons. The highest BCUT2D eigenvalue weighted by molar-refractivity contribution is 5.97. The number of rotatable bonds is 9. The molecule has 11 atom stereocenters. The Morgan fingerprint density at radius 3 is 2.37 bits per heavy atom. The molecule has 3 fully saturated rings. The number of carbonyl (C=O) groups is 1. The second-order valence-electron chi connectivity index (χ2n) is 11.0. The number of nitrogens with one attached hydrogen (secondary N) is 1. The van der Waals surface area contributed by atoms with Crippen molar-refractivity contribution < 1.29 is 59.1 Å². The molecule has 2 aromatic rings. The molecule has 2 unspecified atom stereocenters. The van der Waals surface area contributed by atoms with Gasteiger partial charge in [-0.2, -0.15) is 0 Å². The minimum atomic E-state index is -1.49. The lowest BCUT2D eigenvalue weighted by Gasteiger charge is -2.41. The first-order valence-electron chi connectivity index (χ1n) is 14.0. The van der Waals surface area contributed by atoms with Gasteiger partial charge in [-0.25, -0.2) is 0 Å². The van der Waals surface area contributed by atoms with E-state index in [-0.39, 0.29) is 30.5 Å². The summed E-state index contributed by atoms with van der Waals surface area (Å²) < 4.78 is 27.7. The molecule has 0 radical (unpaired) electrons. The Kier molecular flexibility index (Phi) is 9.66. The maximum absolute atomic E-state index is 12.8. The van der Waals surface area contributed by atoms with E-state index < -0.39 is 73.2 Å². The molecule has 5 rings (SSSR count). The van der Waals surface area contributed by atoms with Gasteiger partial charge in [0.15, 0.2) is 11.5 Å². The lowest BCUT2D eigenvalue weighted by Crippen LogP contribution is -2.67. The molecule has 1 saturated carbocycles. The van der Waals surface area contributed by atoms with E-state index in [1.807, 2.05) is 30.3 Å². The third kappa shape index (κ3) is 6.70. The van der Waals surface area contributed by atoms with Crippen LogP contribution in [0.1, 0.15) is 25.0 Å². The SMILES string of the molecule is C/C(=C/c1ccc(O[C@@H]2OC(C(C)OCc3ccccc3)[C@@H](O)[C@@H]2O)c(O)c1)C(=O)N[C@@H]1[C@H](O)[C@@H](O)[C@H]2OCO[C@H]2[C@@H]1O. The van der Waals surface area contributed by atoms with Crippen molar-refractivity contribution in [3.8, 4) is 11.5 Å². The molecule has 0 bridgehead atoms. The molecule has 43 heavy (non-hydrogen) atoms. The number of fused-ring (bicyclic) bond motifs is 1. The van der Waals surface area contributed by atoms with Crippen LogP contribution in [-0.2, 0) is 30.3 Å². The van der Waals surface area contributed by atoms with E-state index in [9.17, 15) is 35.4 Å². The van der Waals surface area contributed by atoms with Gasteiger partial charge < -0.3 is 59.6 Å². The van der Waals surface area contributed by atoms with Crippen molar-refractivity contribution >= 4 is 12.0 Å². The molecule has 0 spiro atoms. The number of amides is 1. The summed E-state index contributed by atoms with van der Waals surface area (Å²) in [7, 11) is 0. The Balaban J connectivity index is 1.18. The standard InChI is InChI=1S/C30H37NO12/c1-14(29(38)31-20-21(33)23(35)28-27(22(20)34)40-13-41-28)10-17-8-9-19(18(32)11-17)42-30-25(37)24(36)26(43-30)15(2)39-12-16-6-4-3-5-7-16/h3-11,15,20-28,30,32-37H,12-13H2,1-2H3,(H,31,38)/b14-10-/t15?,20-,21+,22-,23-,24+,25+,26?,27+,28-,30-/m1/s1. The van der Waals surface area contributed by atoms with Crippen molar-refractivity contribution in [1.29, 1.82) is 0 Å². The average molecular weight is 604 g/mol. The third-order valence-electron chi connectivity index (χ3n) is 7.94. The van der Waals surface area contributed by atoms with Crippen LogP contribution in [0.15, 0.2) is 54.1 Å². The topological polar surface area (TPSA) is 197 Å². The highest BCUT2D eigenvalue weighted by Crippen LogP contribution is 2.34. The zero-order chi connectivity index (χ0) is 30.8. The van der Waals surface area contributed by atoms with Crippen LogP contribution in [0, 0.1) is 0 Å². The number of phenols is 1. The number of aliphatic hydroxyl groups is 5. The lowest BCUT2D eigenvalue weighted by atomic mass is 9.83. The van der Waals surface area contributed by atoms with Crippen LogP contribution in [0.3, 0.4) is 0 Å². The average Bonchev–Trinajstić information content (AvgIpc) is 3.60. The first-order valence-corrected chi connectivity index (χ1v) is 14.0. The Morgan fingerprint density at radius 1 is 0.977 bits per heavy atom. The molecular weight excluding hydrogens is 566 g/mol. The fourth-order valence-electron chi connectivity index (χ4n) is 5.44. The number of benzene rings is 2. The van der Waals surface area contributed by atoms with E-state index in [1.54, 1.807) is 13.0 Å². The summed E-state index contributed by atoms with van der Waals surface area (Å²) in [5.41, 5.74) is 1.54. The predicted molar refractivity (Wildman–Crippen MR) is 148 cm³/mol. The largest absolute Gasteiger partial charge is 0.504 e. The summed E-state index contributed by atoms with van der Waals surface area (Å²) in [4.78, 5) is 12.8. The molecule has 2 heterocycles. The lowest BCUT2D eigenvalue weighted by molar-refractivity contribution is -0.155. The van der Waals surface area contributed by atoms with Gasteiger partial charge in [0.1, 0.15) is 55.6 Å². The monoisotopic (exact) mass is 603 g/mol. The number of phenolic OH excluding ortho intramolecular Hbond substituents is 1. The zero-order valence-electron chi connectivity index (χ0n) is 23.6. The summed E-state index contributed by atoms with van der Waals surface area (Å²) in [6, 6.07) is 12.6. The normalized spacial score (nSPS) is 34.9. The van der Waals surface area contributed by atoms with Gasteiger partial charge in [0.2, 0.25) is 12.2 Å². The van der Waals surface area contributed by atoms with E-state index in [0.29, 0.717) is 5.56 Å². The van der Waals surface area contributed by atoms with Gasteiger partial charge in [0.05, 0.1) is 18.8 Å². The highest BCUT2D eigenvalue weighted by atomic mass is 16.7. The van der Waals surface area contributed by atoms with Crippen LogP contribution >= 0.6 is 0 Å². The van der Waals surface area contributed by atoms with Crippen molar-refractivity contribution in [1.82, 2.24) is 5.32 Å². The fraction of sp³-hybridized carbons (Fsp3) is 0.500. The second-order valence-corrected chi connectivity index (χ2v) is 11.0. The summed E-state index contributed by atoms with van der Waals surface area (Å²) >= 11 is 0. The minimum Gasteiger partial charge on any atom is -0.504 e. The van der Waals surface area contributed by atoms with Crippen LogP contribution in [0.25, 0.3) is 6.08 Å². The Bertz CT molecular complexity index is 1290. The van der Waals surface area contributed by atoms with Crippen LogP contribution in [0.4, 0.5) is 0 Å². The van der Waals surface area contributed by atoms with Gasteiger partial charge in [-0.3, -0.25) is 4.79 Å². The summed E-state index contributed by atoms with van der Waals surface area (Å²) in [6.07, 6.45) is -9.93. The molecule has 13 nitrogen and oxygen atoms in total. The molecular formula is C30H37NO12. The van der Waals surface area contributed by atoms with Crippen LogP contribution < -0.4 is 10.1 Å². The number of hydrogen-bond acceptors (Lipinski definition) is 12. The molecule has 0 aromatic heterocycles. The molecule has 1 aliphatic carbocycles. The van der Waals surface area contributed by atoms with E-state index in [0.717, 1.165) is 5.56 Å². The number of hydrogen-bond donors (Lipinski definition) is 7. The van der Waals surface area contributed by atoms with E-state index >= 15 is 0 Å². The van der Waals surface area contributed by atoms with Crippen LogP contribution in [-0.4, -0.2) is 111 Å². The molecule has 2 aliphatic heterocycles. The molecule has 7 N–H and O–H groups in total. The van der Waals surface area contributed by atoms with E-state index in [4.69, 9.17) is 23.7 Å². The first kappa shape index (κ1) is 31.3. The van der Waals surface area contributed by atoms with Gasteiger partial charge in [0.25, 0.3) is 0 Å². The summed E-state index contributed by atoms with van der Waals surface area (Å²) in [5, 5.41) is 65.5. The maximum Gasteiger partial charge on any atom is 0.247 e. The number of aliphatic hydroxyl groups excluding tert-OH is 5. The van der Waals surface area contributed by atoms with Gasteiger partial charge in [-0.1, -0.05) is 36.4 Å². The molecule has 2 saturated heterocycles. The zero-order valence-corrected chi connectivity index (χ0v) is 23.6. The first-order chi connectivity index (χ1) is 20.5. The van der Waals surface area contributed by atoms with Gasteiger partial charge >= 0.3 is 0 Å². The van der Waals surface area contributed by atoms with Crippen molar-refractivity contribution in [2.45, 2.75) is 87.7 Å². The predicted octanol–water partition coefficient (Wildman–Crippen LogP) is -0.451. The molecule has 13 heteroatoms. The van der Waals surface area contributed by atoms with Gasteiger partial charge in [0, 0.05) is 5.57 Å². The number of aromatic hydroxyl groups is 1. The van der Waals surface area contributed by atoms with Crippen molar-refractivity contribution in [3.05, 3.63) is 65.2 Å². The maximum atomic E-state index is 12.8. The Morgan fingerprint density at radius 2 is 1.67 bits per heavy atom. The quantitative estimate of drug-likeness (QED) is 0.183. The molecule has 3 aliphatic rings. The fourth-order valence-corrected chi connectivity index (χ4v) is 5.44. The Hall–Kier alpha value is -3.11. The minimum absolute atomic E-state index is 0.0233. The number of carbonyl (C=O) groups excluding carboxylic acids is 1. The summed E-state index contributed by atoms with van der Waals surface area (Å²) in [5.74, 6) is -0.960. The Labute approximate surface area is 247 Å². The smallest absolute Gasteiger partial charge is 0.247 e. The third-order valence-corrected chi connectivity index (χ3v) is 7.94. The van der Waals surface area contributed by atoms with Crippen molar-refractivity contribution in [2.24, 2.45) is 0 Å². The van der Waals surface area contributed by atoms with Gasteiger partial charge in [-0.05, 0) is 43.2 Å². The van der Waals surface area contributed by atoms with Gasteiger partial charge in [-0.15, -0.1) is 0 Å². The van der Waals surface area contributed by atoms with Crippen molar-refractivity contribution in [3.63, 3.8) is 0 Å². The van der Waals surface area contributed by atoms with Crippen molar-refractivity contribution in [2.75, 3.05) is 6.79 Å². The second kappa shape index (κ2) is 13.3. The molecule has 2 aromatic carbocycles. The van der Waals surface area contributed by atoms with Crippen LogP contribution in [0.2, 0.25) is 0 Å². The van der Waals surface area contributed by atoms with E-state index in [2.05, 4.69) is 5.32 Å². The summed E-state index contributed by atoms with van der Waals surface area (Å²) in [6.45, 7) is 3.36. The van der Waals surface area contributed by atoms with E-state index in [1.165, 1.54) is 25.1 Å². The molecule has 1 amide bonds. The number of ether oxygens (including phenoxy) is 5.